The summed E-state index contributed by atoms with van der Waals surface area (Å²) in [6.45, 7) is 0.406. The summed E-state index contributed by atoms with van der Waals surface area (Å²) < 4.78 is 13.0. The Labute approximate surface area is 166 Å². The molecule has 138 valence electrons. The zero-order valence-corrected chi connectivity index (χ0v) is 15.7. The fourth-order valence-corrected chi connectivity index (χ4v) is 3.58. The van der Waals surface area contributed by atoms with Gasteiger partial charge in [-0.3, -0.25) is 9.78 Å². The Bertz CT molecular complexity index is 1070. The van der Waals surface area contributed by atoms with Crippen molar-refractivity contribution in [3.63, 3.8) is 0 Å². The number of aromatic nitrogens is 1. The molecule has 2 aromatic heterocycles. The van der Waals surface area contributed by atoms with Gasteiger partial charge in [0.05, 0.1) is 0 Å². The highest BCUT2D eigenvalue weighted by atomic mass is 32.1. The summed E-state index contributed by atoms with van der Waals surface area (Å²) in [6.07, 6.45) is 3.58. The first-order chi connectivity index (χ1) is 13.7. The highest BCUT2D eigenvalue weighted by Crippen LogP contribution is 2.22. The lowest BCUT2D eigenvalue weighted by Gasteiger charge is -2.08. The molecule has 0 fully saturated rings. The third-order valence-corrected chi connectivity index (χ3v) is 5.11. The quantitative estimate of drug-likeness (QED) is 0.487. The maximum atomic E-state index is 13.0. The van der Waals surface area contributed by atoms with Crippen molar-refractivity contribution < 1.29 is 9.18 Å². The van der Waals surface area contributed by atoms with Gasteiger partial charge in [-0.15, -0.1) is 0 Å². The first-order valence-electron chi connectivity index (χ1n) is 8.80. The summed E-state index contributed by atoms with van der Waals surface area (Å²) in [6, 6.07) is 17.6. The van der Waals surface area contributed by atoms with Crippen molar-refractivity contribution in [1.29, 1.82) is 0 Å². The molecule has 4 rings (SSSR count). The monoisotopic (exact) mass is 388 g/mol. The summed E-state index contributed by atoms with van der Waals surface area (Å²) in [5.74, 6) is -0.413. The molecule has 5 heteroatoms. The number of pyridine rings is 1. The van der Waals surface area contributed by atoms with Crippen molar-refractivity contribution in [2.24, 2.45) is 0 Å². The van der Waals surface area contributed by atoms with E-state index < -0.39 is 0 Å². The van der Waals surface area contributed by atoms with Crippen LogP contribution in [0.4, 0.5) is 4.39 Å². The van der Waals surface area contributed by atoms with Crippen molar-refractivity contribution in [2.45, 2.75) is 6.54 Å². The lowest BCUT2D eigenvalue weighted by molar-refractivity contribution is 0.0951. The summed E-state index contributed by atoms with van der Waals surface area (Å²) in [4.78, 5) is 16.7. The molecule has 2 aromatic carbocycles. The van der Waals surface area contributed by atoms with Gasteiger partial charge in [0.25, 0.3) is 5.91 Å². The van der Waals surface area contributed by atoms with Crippen LogP contribution in [0.5, 0.6) is 0 Å². The Morgan fingerprint density at radius 1 is 0.893 bits per heavy atom. The van der Waals surface area contributed by atoms with Crippen molar-refractivity contribution in [1.82, 2.24) is 10.3 Å². The smallest absolute Gasteiger partial charge is 0.251 e. The summed E-state index contributed by atoms with van der Waals surface area (Å²) in [7, 11) is 0. The third kappa shape index (κ3) is 4.15. The number of rotatable bonds is 5. The van der Waals surface area contributed by atoms with Crippen molar-refractivity contribution >= 4 is 17.2 Å². The fourth-order valence-electron chi connectivity index (χ4n) is 2.91. The molecule has 1 N–H and O–H groups in total. The van der Waals surface area contributed by atoms with Gasteiger partial charge in [0.1, 0.15) is 5.82 Å². The molecule has 0 spiro atoms. The lowest BCUT2D eigenvalue weighted by atomic mass is 10.0. The average molecular weight is 388 g/mol. The number of carbonyl (C=O) groups is 1. The van der Waals surface area contributed by atoms with E-state index in [1.807, 2.05) is 35.8 Å². The minimum atomic E-state index is -0.266. The third-order valence-electron chi connectivity index (χ3n) is 4.43. The van der Waals surface area contributed by atoms with Gasteiger partial charge < -0.3 is 5.32 Å². The summed E-state index contributed by atoms with van der Waals surface area (Å²) in [5, 5.41) is 7.03. The topological polar surface area (TPSA) is 42.0 Å². The number of nitrogens with one attached hydrogen (secondary N) is 1. The van der Waals surface area contributed by atoms with E-state index >= 15 is 0 Å². The second kappa shape index (κ2) is 8.15. The lowest BCUT2D eigenvalue weighted by Crippen LogP contribution is -2.22. The Kier molecular flexibility index (Phi) is 5.26. The molecule has 0 aliphatic carbocycles. The van der Waals surface area contributed by atoms with Gasteiger partial charge in [0.15, 0.2) is 0 Å². The highest BCUT2D eigenvalue weighted by molar-refractivity contribution is 7.08. The first kappa shape index (κ1) is 18.1. The van der Waals surface area contributed by atoms with Crippen LogP contribution in [0.15, 0.2) is 83.8 Å². The number of nitrogens with zero attached hydrogens (tertiary/aromatic N) is 1. The number of halogens is 1. The van der Waals surface area contributed by atoms with Crippen LogP contribution < -0.4 is 5.32 Å². The van der Waals surface area contributed by atoms with Gasteiger partial charge in [-0.2, -0.15) is 11.3 Å². The van der Waals surface area contributed by atoms with Crippen LogP contribution in [0.25, 0.3) is 22.3 Å². The predicted octanol–water partition coefficient (Wildman–Crippen LogP) is 5.55. The van der Waals surface area contributed by atoms with Crippen molar-refractivity contribution in [2.75, 3.05) is 0 Å². The van der Waals surface area contributed by atoms with E-state index in [2.05, 4.69) is 15.7 Å². The Balaban J connectivity index is 1.41. The molecular weight excluding hydrogens is 371 g/mol. The number of hydrogen-bond acceptors (Lipinski definition) is 3. The Hall–Kier alpha value is -3.31. The average Bonchev–Trinajstić information content (AvgIpc) is 3.28. The molecule has 1 amide bonds. The summed E-state index contributed by atoms with van der Waals surface area (Å²) in [5.41, 5.74) is 5.53. The Morgan fingerprint density at radius 3 is 2.29 bits per heavy atom. The molecule has 0 unspecified atom stereocenters. The molecular formula is C23H17FN2OS. The summed E-state index contributed by atoms with van der Waals surface area (Å²) >= 11 is 1.64. The van der Waals surface area contributed by atoms with Gasteiger partial charge >= 0.3 is 0 Å². The number of carbonyl (C=O) groups excluding carboxylic acids is 1. The van der Waals surface area contributed by atoms with Gasteiger partial charge in [0, 0.05) is 30.1 Å². The number of amides is 1. The van der Waals surface area contributed by atoms with Gasteiger partial charge in [-0.25, -0.2) is 4.39 Å². The van der Waals surface area contributed by atoms with Gasteiger partial charge in [-0.1, -0.05) is 24.3 Å². The van der Waals surface area contributed by atoms with Crippen molar-refractivity contribution in [3.05, 3.63) is 101 Å². The van der Waals surface area contributed by atoms with E-state index in [-0.39, 0.29) is 11.7 Å². The second-order valence-corrected chi connectivity index (χ2v) is 7.14. The van der Waals surface area contributed by atoms with Crippen LogP contribution in [0.2, 0.25) is 0 Å². The van der Waals surface area contributed by atoms with E-state index in [9.17, 15) is 9.18 Å². The predicted molar refractivity (Wildman–Crippen MR) is 111 cm³/mol. The molecule has 0 aliphatic heterocycles. The minimum Gasteiger partial charge on any atom is -0.348 e. The molecule has 0 saturated carbocycles. The number of benzene rings is 2. The van der Waals surface area contributed by atoms with Crippen LogP contribution in [-0.2, 0) is 6.54 Å². The molecule has 3 nitrogen and oxygen atoms in total. The van der Waals surface area contributed by atoms with E-state index in [1.165, 1.54) is 12.1 Å². The molecule has 28 heavy (non-hydrogen) atoms. The molecule has 0 aliphatic rings. The fraction of sp³-hybridized carbons (Fsp3) is 0.0435. The van der Waals surface area contributed by atoms with Crippen LogP contribution >= 0.6 is 11.3 Å². The zero-order valence-electron chi connectivity index (χ0n) is 14.9. The molecule has 4 aromatic rings. The van der Waals surface area contributed by atoms with E-state index in [1.54, 1.807) is 41.8 Å². The SMILES string of the molecule is O=C(NCc1cncc(-c2ccsc2)c1)c1ccc(-c2ccc(F)cc2)cc1. The first-order valence-corrected chi connectivity index (χ1v) is 9.74. The number of hydrogen-bond donors (Lipinski definition) is 1. The molecule has 0 radical (unpaired) electrons. The molecule has 0 bridgehead atoms. The van der Waals surface area contributed by atoms with Crippen LogP contribution in [0.3, 0.4) is 0 Å². The van der Waals surface area contributed by atoms with Gasteiger partial charge in [0.2, 0.25) is 0 Å². The molecule has 2 heterocycles. The second-order valence-electron chi connectivity index (χ2n) is 6.36. The number of thiophene rings is 1. The van der Waals surface area contributed by atoms with Gasteiger partial charge in [-0.05, 0) is 69.4 Å². The maximum Gasteiger partial charge on any atom is 0.251 e. The highest BCUT2D eigenvalue weighted by Gasteiger charge is 2.07. The molecule has 0 saturated heterocycles. The maximum absolute atomic E-state index is 13.0. The van der Waals surface area contributed by atoms with Crippen LogP contribution in [0, 0.1) is 5.82 Å². The normalized spacial score (nSPS) is 10.6. The standard InChI is InChI=1S/C23H17FN2OS/c24-22-7-5-18(6-8-22)17-1-3-19(4-2-17)23(27)26-13-16-11-21(14-25-12-16)20-9-10-28-15-20/h1-12,14-15H,13H2,(H,26,27). The largest absolute Gasteiger partial charge is 0.348 e. The minimum absolute atomic E-state index is 0.147. The zero-order chi connectivity index (χ0) is 19.3. The van der Waals surface area contributed by atoms with E-state index in [0.717, 1.165) is 27.8 Å². The molecule has 0 atom stereocenters. The van der Waals surface area contributed by atoms with E-state index in [4.69, 9.17) is 0 Å². The Morgan fingerprint density at radius 2 is 1.61 bits per heavy atom. The van der Waals surface area contributed by atoms with Crippen LogP contribution in [0.1, 0.15) is 15.9 Å². The van der Waals surface area contributed by atoms with E-state index in [0.29, 0.717) is 12.1 Å². The van der Waals surface area contributed by atoms with Crippen molar-refractivity contribution in [3.8, 4) is 22.3 Å². The van der Waals surface area contributed by atoms with Crippen LogP contribution in [-0.4, -0.2) is 10.9 Å².